The second-order valence-corrected chi connectivity index (χ2v) is 12.9. The van der Waals surface area contributed by atoms with E-state index < -0.39 is 82.8 Å². The molecule has 0 heterocycles. The Bertz CT molecular complexity index is 1380. The van der Waals surface area contributed by atoms with Gasteiger partial charge in [-0.15, -0.1) is 0 Å². The number of aliphatic hydroxyl groups is 3. The zero-order chi connectivity index (χ0) is 32.9. The first kappa shape index (κ1) is 33.4. The molecule has 0 aliphatic heterocycles. The van der Waals surface area contributed by atoms with Crippen LogP contribution in [-0.4, -0.2) is 81.4 Å². The molecule has 1 aromatic carbocycles. The first-order valence-electron chi connectivity index (χ1n) is 14.6. The van der Waals surface area contributed by atoms with Gasteiger partial charge in [-0.1, -0.05) is 31.7 Å². The van der Waals surface area contributed by atoms with Gasteiger partial charge in [-0.25, -0.2) is 4.79 Å². The van der Waals surface area contributed by atoms with Gasteiger partial charge in [0.2, 0.25) is 0 Å². The summed E-state index contributed by atoms with van der Waals surface area (Å²) in [7, 11) is 0. The number of ether oxygens (including phenoxy) is 4. The molecule has 0 amide bonds. The molecule has 5 unspecified atom stereocenters. The van der Waals surface area contributed by atoms with Gasteiger partial charge >= 0.3 is 23.9 Å². The normalized spacial score (nSPS) is 35.1. The molecule has 4 rings (SSSR count). The molecule has 0 aromatic heterocycles. The Morgan fingerprint density at radius 3 is 1.95 bits per heavy atom. The number of carbonyl (C=O) groups is 4. The van der Waals surface area contributed by atoms with Crippen LogP contribution in [0.3, 0.4) is 0 Å². The van der Waals surface area contributed by atoms with E-state index >= 15 is 0 Å². The van der Waals surface area contributed by atoms with E-state index in [0.717, 1.165) is 0 Å². The van der Waals surface area contributed by atoms with Crippen LogP contribution in [0.4, 0.5) is 0 Å². The summed E-state index contributed by atoms with van der Waals surface area (Å²) in [5.74, 6) is -4.11. The Labute approximate surface area is 256 Å². The predicted octanol–water partition coefficient (Wildman–Crippen LogP) is 2.80. The first-order valence-corrected chi connectivity index (χ1v) is 14.6. The quantitative estimate of drug-likeness (QED) is 0.245. The lowest BCUT2D eigenvalue weighted by molar-refractivity contribution is -0.214. The van der Waals surface area contributed by atoms with Crippen molar-refractivity contribution in [2.75, 3.05) is 0 Å². The van der Waals surface area contributed by atoms with E-state index in [-0.39, 0.29) is 29.6 Å². The number of esters is 4. The maximum atomic E-state index is 13.7. The average molecular weight is 615 g/mol. The molecule has 0 radical (unpaired) electrons. The van der Waals surface area contributed by atoms with Crippen molar-refractivity contribution in [3.05, 3.63) is 59.2 Å². The molecule has 3 aliphatic carbocycles. The lowest BCUT2D eigenvalue weighted by Crippen LogP contribution is -2.63. The summed E-state index contributed by atoms with van der Waals surface area (Å²) in [6.45, 7) is 13.9. The van der Waals surface area contributed by atoms with E-state index in [4.69, 9.17) is 18.9 Å². The number of hydrogen-bond acceptors (Lipinski definition) is 11. The summed E-state index contributed by atoms with van der Waals surface area (Å²) in [4.78, 5) is 51.9. The number of fused-ring (bicyclic) bond motifs is 2. The smallest absolute Gasteiger partial charge is 0.338 e. The summed E-state index contributed by atoms with van der Waals surface area (Å²) < 4.78 is 24.1. The topological polar surface area (TPSA) is 166 Å². The highest BCUT2D eigenvalue weighted by atomic mass is 16.6. The zero-order valence-corrected chi connectivity index (χ0v) is 26.2. The molecule has 0 spiro atoms. The van der Waals surface area contributed by atoms with Crippen molar-refractivity contribution in [1.82, 2.24) is 0 Å². The predicted molar refractivity (Wildman–Crippen MR) is 156 cm³/mol. The highest BCUT2D eigenvalue weighted by molar-refractivity contribution is 5.89. The van der Waals surface area contributed by atoms with Crippen molar-refractivity contribution in [1.29, 1.82) is 0 Å². The van der Waals surface area contributed by atoms with Gasteiger partial charge in [-0.3, -0.25) is 14.4 Å². The third-order valence-corrected chi connectivity index (χ3v) is 9.74. The Morgan fingerprint density at radius 1 is 0.886 bits per heavy atom. The fourth-order valence-corrected chi connectivity index (χ4v) is 7.80. The molecule has 9 atom stereocenters. The van der Waals surface area contributed by atoms with Gasteiger partial charge in [-0.2, -0.15) is 0 Å². The zero-order valence-electron chi connectivity index (χ0n) is 26.2. The molecule has 44 heavy (non-hydrogen) atoms. The van der Waals surface area contributed by atoms with E-state index in [1.165, 1.54) is 34.6 Å². The van der Waals surface area contributed by atoms with Crippen LogP contribution >= 0.6 is 0 Å². The molecule has 3 aliphatic rings. The van der Waals surface area contributed by atoms with Gasteiger partial charge in [0.15, 0.2) is 12.2 Å². The second-order valence-electron chi connectivity index (χ2n) is 12.9. The number of hydrogen-bond donors (Lipinski definition) is 3. The highest BCUT2D eigenvalue weighted by Crippen LogP contribution is 2.66. The summed E-state index contributed by atoms with van der Waals surface area (Å²) in [6, 6.07) is 8.10. The summed E-state index contributed by atoms with van der Waals surface area (Å²) in [5, 5.41) is 34.7. The molecule has 2 fully saturated rings. The van der Waals surface area contributed by atoms with Crippen molar-refractivity contribution in [3.63, 3.8) is 0 Å². The van der Waals surface area contributed by atoms with Gasteiger partial charge in [0, 0.05) is 33.1 Å². The summed E-state index contributed by atoms with van der Waals surface area (Å²) in [5.41, 5.74) is -4.09. The highest BCUT2D eigenvalue weighted by Gasteiger charge is 2.73. The number of carbonyl (C=O) groups excluding carboxylic acids is 4. The maximum absolute atomic E-state index is 13.7. The average Bonchev–Trinajstić information content (AvgIpc) is 3.15. The minimum Gasteiger partial charge on any atom is -0.462 e. The molecular weight excluding hydrogens is 572 g/mol. The van der Waals surface area contributed by atoms with E-state index in [0.29, 0.717) is 5.57 Å². The van der Waals surface area contributed by atoms with Crippen molar-refractivity contribution in [3.8, 4) is 0 Å². The largest absolute Gasteiger partial charge is 0.462 e. The van der Waals surface area contributed by atoms with Crippen molar-refractivity contribution in [2.24, 2.45) is 16.7 Å². The van der Waals surface area contributed by atoms with Crippen LogP contribution in [0.5, 0.6) is 0 Å². The molecule has 0 bridgehead atoms. The summed E-state index contributed by atoms with van der Waals surface area (Å²) >= 11 is 0. The number of benzene rings is 1. The van der Waals surface area contributed by atoms with E-state index in [1.54, 1.807) is 44.2 Å². The van der Waals surface area contributed by atoms with E-state index in [1.807, 2.05) is 0 Å². The molecular formula is C33H42O11. The first-order chi connectivity index (χ1) is 20.4. The Kier molecular flexibility index (Phi) is 8.91. The van der Waals surface area contributed by atoms with Gasteiger partial charge in [0.1, 0.15) is 12.2 Å². The van der Waals surface area contributed by atoms with Crippen molar-refractivity contribution < 1.29 is 53.4 Å². The van der Waals surface area contributed by atoms with Crippen LogP contribution < -0.4 is 0 Å². The van der Waals surface area contributed by atoms with Crippen molar-refractivity contribution in [2.45, 2.75) is 104 Å². The number of aliphatic hydroxyl groups excluding tert-OH is 2. The van der Waals surface area contributed by atoms with Gasteiger partial charge in [0.25, 0.3) is 0 Å². The lowest BCUT2D eigenvalue weighted by atomic mass is 9.54. The summed E-state index contributed by atoms with van der Waals surface area (Å²) in [6.07, 6.45) is -8.16. The van der Waals surface area contributed by atoms with Gasteiger partial charge in [-0.05, 0) is 56.0 Å². The standard InChI is InChI=1S/C33H42O11/c1-16-22(37)14-24(41-18(3)34)32(8)26(16)28(42-19(4)35)33(31(6,7)40)15-23(38)17(2)25(33)27(29(32)43-20(5)36)44-30(39)21-12-10-9-11-13-21/h9-13,22-24,26-29,37-38,40H,1,14-15H2,2-8H3/t22?,23?,24-,26?,27+,28?,29?,32+,33-/m0/s1. The minimum absolute atomic E-state index is 0.147. The monoisotopic (exact) mass is 614 g/mol. The SMILES string of the molecule is C=C1C(O)C[C@H](OC(C)=O)[C@]2(C)C1C(OC(C)=O)[C@]1(C(C)(C)O)CC(O)C(C)=C1[C@@H](OC(=O)c1ccccc1)C2OC(C)=O. The third-order valence-electron chi connectivity index (χ3n) is 9.74. The molecule has 1 aromatic rings. The van der Waals surface area contributed by atoms with Gasteiger partial charge in [0.05, 0.1) is 34.2 Å². The molecule has 2 saturated carbocycles. The Morgan fingerprint density at radius 2 is 1.43 bits per heavy atom. The minimum atomic E-state index is -1.77. The molecule has 11 heteroatoms. The molecule has 3 N–H and O–H groups in total. The van der Waals surface area contributed by atoms with Crippen LogP contribution in [0, 0.1) is 16.7 Å². The fourth-order valence-electron chi connectivity index (χ4n) is 7.80. The van der Waals surface area contributed by atoms with E-state index in [9.17, 15) is 34.5 Å². The van der Waals surface area contributed by atoms with Gasteiger partial charge < -0.3 is 34.3 Å². The van der Waals surface area contributed by atoms with E-state index in [2.05, 4.69) is 6.58 Å². The molecule has 0 saturated heterocycles. The molecule has 240 valence electrons. The van der Waals surface area contributed by atoms with Crippen LogP contribution in [0.1, 0.15) is 71.7 Å². The second kappa shape index (κ2) is 11.8. The fraction of sp³-hybridized carbons (Fsp3) is 0.576. The van der Waals surface area contributed by atoms with Crippen LogP contribution in [0.25, 0.3) is 0 Å². The Hall–Kier alpha value is -3.54. The third kappa shape index (κ3) is 5.35. The van der Waals surface area contributed by atoms with Crippen LogP contribution in [0.15, 0.2) is 53.6 Å². The van der Waals surface area contributed by atoms with Crippen LogP contribution in [-0.2, 0) is 33.3 Å². The lowest BCUT2D eigenvalue weighted by Gasteiger charge is -2.55. The van der Waals surface area contributed by atoms with Crippen molar-refractivity contribution >= 4 is 23.9 Å². The molecule has 11 nitrogen and oxygen atoms in total. The maximum Gasteiger partial charge on any atom is 0.338 e. The number of rotatable bonds is 6. The Balaban J connectivity index is 2.16. The van der Waals surface area contributed by atoms with Crippen LogP contribution in [0.2, 0.25) is 0 Å².